The minimum absolute atomic E-state index is 0.204. The van der Waals surface area contributed by atoms with E-state index in [9.17, 15) is 14.0 Å². The number of rotatable bonds is 4. The average molecular weight is 412 g/mol. The van der Waals surface area contributed by atoms with Gasteiger partial charge < -0.3 is 0 Å². The van der Waals surface area contributed by atoms with Crippen LogP contribution in [0.15, 0.2) is 51.4 Å². The van der Waals surface area contributed by atoms with E-state index in [-0.39, 0.29) is 11.2 Å². The SMILES string of the molecule is O=c1c(=O)n2c(nn1Cc1cccs1)[C@@]1(CCN(Cc3ccc(F)cc3)C1)CC2. The summed E-state index contributed by atoms with van der Waals surface area (Å²) < 4.78 is 16.1. The van der Waals surface area contributed by atoms with E-state index in [4.69, 9.17) is 0 Å². The Morgan fingerprint density at radius 1 is 1.03 bits per heavy atom. The van der Waals surface area contributed by atoms with Crippen LogP contribution in [-0.2, 0) is 25.0 Å². The summed E-state index contributed by atoms with van der Waals surface area (Å²) in [6.45, 7) is 3.28. The number of benzene rings is 1. The number of nitrogens with zero attached hydrogens (tertiary/aromatic N) is 4. The van der Waals surface area contributed by atoms with Gasteiger partial charge in [-0.3, -0.25) is 19.1 Å². The van der Waals surface area contributed by atoms with Crippen molar-refractivity contribution in [1.82, 2.24) is 19.2 Å². The van der Waals surface area contributed by atoms with Crippen LogP contribution in [0.2, 0.25) is 0 Å². The van der Waals surface area contributed by atoms with Crippen molar-refractivity contribution in [2.45, 2.75) is 37.9 Å². The van der Waals surface area contributed by atoms with Crippen molar-refractivity contribution in [2.24, 2.45) is 0 Å². The number of thiophene rings is 1. The lowest BCUT2D eigenvalue weighted by Gasteiger charge is -2.23. The minimum atomic E-state index is -0.555. The Hall–Kier alpha value is -2.58. The van der Waals surface area contributed by atoms with E-state index in [0.717, 1.165) is 48.7 Å². The Morgan fingerprint density at radius 2 is 1.83 bits per heavy atom. The maximum atomic E-state index is 13.2. The topological polar surface area (TPSA) is 60.1 Å². The molecule has 1 aromatic carbocycles. The van der Waals surface area contributed by atoms with Gasteiger partial charge in [0.15, 0.2) is 0 Å². The summed E-state index contributed by atoms with van der Waals surface area (Å²) in [7, 11) is 0. The summed E-state index contributed by atoms with van der Waals surface area (Å²) in [5, 5.41) is 6.63. The van der Waals surface area contributed by atoms with Crippen molar-refractivity contribution in [3.8, 4) is 0 Å². The molecule has 8 heteroatoms. The molecule has 1 atom stereocenters. The van der Waals surface area contributed by atoms with Gasteiger partial charge in [0.05, 0.1) is 6.54 Å². The molecule has 6 nitrogen and oxygen atoms in total. The zero-order valence-corrected chi connectivity index (χ0v) is 16.7. The van der Waals surface area contributed by atoms with Crippen LogP contribution in [0.4, 0.5) is 4.39 Å². The van der Waals surface area contributed by atoms with Crippen molar-refractivity contribution in [2.75, 3.05) is 13.1 Å². The molecule has 1 fully saturated rings. The highest BCUT2D eigenvalue weighted by atomic mass is 32.1. The van der Waals surface area contributed by atoms with Crippen LogP contribution in [-0.4, -0.2) is 32.3 Å². The number of aromatic nitrogens is 3. The monoisotopic (exact) mass is 412 g/mol. The first-order chi connectivity index (χ1) is 14.0. The van der Waals surface area contributed by atoms with Crippen LogP contribution in [0.25, 0.3) is 0 Å². The van der Waals surface area contributed by atoms with E-state index in [0.29, 0.717) is 13.1 Å². The molecular weight excluding hydrogens is 391 g/mol. The van der Waals surface area contributed by atoms with Gasteiger partial charge in [-0.1, -0.05) is 18.2 Å². The zero-order valence-electron chi connectivity index (χ0n) is 15.9. The first kappa shape index (κ1) is 18.4. The second-order valence-corrected chi connectivity index (χ2v) is 8.97. The van der Waals surface area contributed by atoms with Gasteiger partial charge in [0.25, 0.3) is 0 Å². The first-order valence-electron chi connectivity index (χ1n) is 9.76. The Labute approximate surface area is 170 Å². The largest absolute Gasteiger partial charge is 0.332 e. The quantitative estimate of drug-likeness (QED) is 0.617. The fourth-order valence-corrected chi connectivity index (χ4v) is 5.24. The van der Waals surface area contributed by atoms with E-state index in [1.54, 1.807) is 15.9 Å². The maximum Gasteiger partial charge on any atom is 0.332 e. The van der Waals surface area contributed by atoms with Crippen LogP contribution in [0.3, 0.4) is 0 Å². The van der Waals surface area contributed by atoms with Gasteiger partial charge >= 0.3 is 11.1 Å². The van der Waals surface area contributed by atoms with Crippen molar-refractivity contribution in [1.29, 1.82) is 0 Å². The third kappa shape index (κ3) is 3.26. The van der Waals surface area contributed by atoms with E-state index in [1.807, 2.05) is 29.6 Å². The molecule has 2 aliphatic heterocycles. The second-order valence-electron chi connectivity index (χ2n) is 7.94. The van der Waals surface area contributed by atoms with Gasteiger partial charge in [-0.05, 0) is 48.5 Å². The van der Waals surface area contributed by atoms with Crippen molar-refractivity contribution >= 4 is 11.3 Å². The summed E-state index contributed by atoms with van der Waals surface area (Å²) in [4.78, 5) is 28.5. The molecule has 0 bridgehead atoms. The summed E-state index contributed by atoms with van der Waals surface area (Å²) in [6.07, 6.45) is 1.72. The molecule has 0 aliphatic carbocycles. The number of likely N-dealkylation sites (tertiary alicyclic amines) is 1. The Kier molecular flexibility index (Phi) is 4.48. The van der Waals surface area contributed by atoms with Gasteiger partial charge in [0.2, 0.25) is 0 Å². The molecule has 1 saturated heterocycles. The lowest BCUT2D eigenvalue weighted by atomic mass is 9.85. The van der Waals surface area contributed by atoms with Crippen LogP contribution < -0.4 is 11.1 Å². The summed E-state index contributed by atoms with van der Waals surface area (Å²) in [6, 6.07) is 10.5. The van der Waals surface area contributed by atoms with Gasteiger partial charge in [-0.15, -0.1) is 11.3 Å². The van der Waals surface area contributed by atoms with Gasteiger partial charge in [0, 0.05) is 29.9 Å². The minimum Gasteiger partial charge on any atom is -0.298 e. The smallest absolute Gasteiger partial charge is 0.298 e. The van der Waals surface area contributed by atoms with Crippen LogP contribution in [0, 0.1) is 5.82 Å². The molecule has 1 spiro atoms. The number of hydrogen-bond donors (Lipinski definition) is 0. The predicted molar refractivity (Wildman–Crippen MR) is 109 cm³/mol. The standard InChI is InChI=1S/C21H21FN4O2S/c22-16-5-3-15(4-6-16)12-24-9-7-21(14-24)8-10-25-18(27)19(28)26(23-20(21)25)13-17-2-1-11-29-17/h1-6,11H,7-10,12-14H2/t21-/m0/s1. The third-order valence-corrected chi connectivity index (χ3v) is 6.92. The molecule has 0 amide bonds. The predicted octanol–water partition coefficient (Wildman–Crippen LogP) is 2.20. The summed E-state index contributed by atoms with van der Waals surface area (Å²) >= 11 is 1.55. The molecule has 2 aromatic heterocycles. The molecular formula is C21H21FN4O2S. The molecule has 0 radical (unpaired) electrons. The molecule has 0 N–H and O–H groups in total. The fraction of sp³-hybridized carbons (Fsp3) is 0.381. The van der Waals surface area contributed by atoms with Crippen molar-refractivity contribution in [3.63, 3.8) is 0 Å². The van der Waals surface area contributed by atoms with E-state index in [1.165, 1.54) is 16.8 Å². The van der Waals surface area contributed by atoms with Crippen molar-refractivity contribution in [3.05, 3.63) is 84.6 Å². The molecule has 4 heterocycles. The molecule has 0 unspecified atom stereocenters. The normalized spacial score (nSPS) is 21.1. The highest BCUT2D eigenvalue weighted by Crippen LogP contribution is 2.40. The van der Waals surface area contributed by atoms with Gasteiger partial charge in [-0.25, -0.2) is 9.07 Å². The number of fused-ring (bicyclic) bond motifs is 2. The fourth-order valence-electron chi connectivity index (χ4n) is 4.56. The van der Waals surface area contributed by atoms with Crippen LogP contribution in [0.5, 0.6) is 0 Å². The number of hydrogen-bond acceptors (Lipinski definition) is 5. The average Bonchev–Trinajstić information content (AvgIpc) is 3.44. The van der Waals surface area contributed by atoms with Crippen LogP contribution >= 0.6 is 11.3 Å². The maximum absolute atomic E-state index is 13.2. The Morgan fingerprint density at radius 3 is 2.59 bits per heavy atom. The van der Waals surface area contributed by atoms with Gasteiger partial charge in [0.1, 0.15) is 11.6 Å². The molecule has 5 rings (SSSR count). The molecule has 0 saturated carbocycles. The summed E-state index contributed by atoms with van der Waals surface area (Å²) in [5.41, 5.74) is -0.167. The second kappa shape index (κ2) is 7.03. The van der Waals surface area contributed by atoms with Crippen LogP contribution in [0.1, 0.15) is 29.1 Å². The molecule has 2 aliphatic rings. The van der Waals surface area contributed by atoms with E-state index < -0.39 is 11.1 Å². The highest BCUT2D eigenvalue weighted by Gasteiger charge is 2.47. The Balaban J connectivity index is 1.44. The zero-order chi connectivity index (χ0) is 20.0. The van der Waals surface area contributed by atoms with Gasteiger partial charge in [-0.2, -0.15) is 5.10 Å². The summed E-state index contributed by atoms with van der Waals surface area (Å²) in [5.74, 6) is 0.504. The van der Waals surface area contributed by atoms with E-state index >= 15 is 0 Å². The number of halogens is 1. The molecule has 29 heavy (non-hydrogen) atoms. The molecule has 150 valence electrons. The van der Waals surface area contributed by atoms with E-state index in [2.05, 4.69) is 10.00 Å². The van der Waals surface area contributed by atoms with Crippen molar-refractivity contribution < 1.29 is 4.39 Å². The third-order valence-electron chi connectivity index (χ3n) is 6.06. The highest BCUT2D eigenvalue weighted by molar-refractivity contribution is 7.09. The lowest BCUT2D eigenvalue weighted by molar-refractivity contribution is 0.298. The molecule has 3 aromatic rings. The first-order valence-corrected chi connectivity index (χ1v) is 10.6. The lowest BCUT2D eigenvalue weighted by Crippen LogP contribution is -2.45. The Bertz CT molecular complexity index is 1150.